The molecule has 1 unspecified atom stereocenters. The first kappa shape index (κ1) is 30.7. The highest BCUT2D eigenvalue weighted by Gasteiger charge is 2.72. The number of benzene rings is 2. The molecule has 44 heavy (non-hydrogen) atoms. The molecular weight excluding hydrogens is 598 g/mol. The summed E-state index contributed by atoms with van der Waals surface area (Å²) >= 11 is 8.19. The Morgan fingerprint density at radius 3 is 2.41 bits per heavy atom. The summed E-state index contributed by atoms with van der Waals surface area (Å²) in [5.74, 6) is -1.57. The number of anilines is 2. The second kappa shape index (κ2) is 11.9. The van der Waals surface area contributed by atoms with Gasteiger partial charge in [0, 0.05) is 24.0 Å². The van der Waals surface area contributed by atoms with Crippen molar-refractivity contribution in [2.45, 2.75) is 49.8 Å². The molecule has 0 bridgehead atoms. The van der Waals surface area contributed by atoms with E-state index in [1.165, 1.54) is 11.8 Å². The van der Waals surface area contributed by atoms with Gasteiger partial charge in [-0.1, -0.05) is 61.9 Å². The lowest BCUT2D eigenvalue weighted by Gasteiger charge is -2.40. The number of halogens is 1. The third-order valence-electron chi connectivity index (χ3n) is 9.33. The number of nitrogens with zero attached hydrogens (tertiary/aromatic N) is 3. The van der Waals surface area contributed by atoms with Crippen molar-refractivity contribution in [1.82, 2.24) is 4.90 Å². The Bertz CT molecular complexity index is 1510. The van der Waals surface area contributed by atoms with Crippen molar-refractivity contribution < 1.29 is 24.2 Å². The number of likely N-dealkylation sites (tertiary alicyclic amines) is 1. The zero-order valence-electron chi connectivity index (χ0n) is 25.4. The monoisotopic (exact) mass is 635 g/mol. The first-order valence-electron chi connectivity index (χ1n) is 15.2. The van der Waals surface area contributed by atoms with Gasteiger partial charge in [0.05, 0.1) is 46.5 Å². The van der Waals surface area contributed by atoms with Gasteiger partial charge in [-0.05, 0) is 55.7 Å². The molecule has 8 nitrogen and oxygen atoms in total. The molecule has 3 amide bonds. The molecule has 2 aromatic carbocycles. The van der Waals surface area contributed by atoms with Crippen LogP contribution in [0.2, 0.25) is 5.02 Å². The summed E-state index contributed by atoms with van der Waals surface area (Å²) in [6.45, 7) is 8.60. The van der Waals surface area contributed by atoms with Gasteiger partial charge in [0.1, 0.15) is 11.8 Å². The maximum absolute atomic E-state index is 14.8. The molecule has 6 rings (SSSR count). The molecule has 2 saturated heterocycles. The van der Waals surface area contributed by atoms with Crippen LogP contribution in [0.5, 0.6) is 5.75 Å². The Hall–Kier alpha value is -3.27. The number of hydrogen-bond acceptors (Lipinski definition) is 6. The summed E-state index contributed by atoms with van der Waals surface area (Å²) in [5, 5.41) is 10.7. The number of amides is 3. The van der Waals surface area contributed by atoms with Crippen LogP contribution in [0.4, 0.5) is 11.4 Å². The third kappa shape index (κ3) is 4.75. The number of aliphatic hydroxyl groups excluding tert-OH is 1. The van der Waals surface area contributed by atoms with Crippen molar-refractivity contribution in [1.29, 1.82) is 0 Å². The highest BCUT2D eigenvalue weighted by molar-refractivity contribution is 8.02. The lowest BCUT2D eigenvalue weighted by Crippen LogP contribution is -2.57. The predicted octanol–water partition coefficient (Wildman–Crippen LogP) is 4.87. The molecule has 0 aromatic heterocycles. The van der Waals surface area contributed by atoms with Crippen molar-refractivity contribution in [2.24, 2.45) is 17.8 Å². The molecule has 2 aromatic rings. The van der Waals surface area contributed by atoms with Crippen LogP contribution in [0.25, 0.3) is 0 Å². The summed E-state index contributed by atoms with van der Waals surface area (Å²) < 4.78 is 4.59. The van der Waals surface area contributed by atoms with Gasteiger partial charge in [-0.2, -0.15) is 0 Å². The van der Waals surface area contributed by atoms with Crippen LogP contribution in [0.15, 0.2) is 66.8 Å². The summed E-state index contributed by atoms with van der Waals surface area (Å²) in [6.07, 6.45) is 7.92. The van der Waals surface area contributed by atoms with Crippen molar-refractivity contribution >= 4 is 52.5 Å². The van der Waals surface area contributed by atoms with Crippen molar-refractivity contribution in [3.8, 4) is 5.75 Å². The molecule has 4 aliphatic rings. The molecule has 0 radical (unpaired) electrons. The van der Waals surface area contributed by atoms with Crippen LogP contribution in [-0.2, 0) is 14.4 Å². The number of hydrogen-bond donors (Lipinski definition) is 1. The van der Waals surface area contributed by atoms with Crippen LogP contribution >= 0.6 is 23.4 Å². The van der Waals surface area contributed by atoms with E-state index < -0.39 is 28.7 Å². The van der Waals surface area contributed by atoms with Gasteiger partial charge < -0.3 is 24.5 Å². The Balaban J connectivity index is 1.46. The number of ether oxygens (including phenoxy) is 1. The van der Waals surface area contributed by atoms with Gasteiger partial charge in [0.25, 0.3) is 5.91 Å². The lowest BCUT2D eigenvalue weighted by molar-refractivity contribution is -0.142. The highest BCUT2D eigenvalue weighted by atomic mass is 35.5. The standard InChI is InChI=1S/C34H38ClN3O5S/c1-5-43-23-14-12-22(13-15-23)36-17-7-11-26-27(31(36)40)28-32(41)38(25(19-39)20(2)3)30-33(42)37(18-8-16-34(28,30)44-26)29-21(4)9-6-10-24(29)35/h6-16,20,25-28,30,39H,5,17-19H2,1-4H3/t25-,26+,27-,28-,30?,34-/m0/s1. The molecule has 2 fully saturated rings. The van der Waals surface area contributed by atoms with E-state index in [1.54, 1.807) is 20.8 Å². The molecule has 1 N–H and O–H groups in total. The molecular formula is C34H38ClN3O5S. The Morgan fingerprint density at radius 2 is 1.75 bits per heavy atom. The van der Waals surface area contributed by atoms with Crippen LogP contribution in [0.1, 0.15) is 26.3 Å². The largest absolute Gasteiger partial charge is 0.494 e. The van der Waals surface area contributed by atoms with Crippen molar-refractivity contribution in [2.75, 3.05) is 36.1 Å². The van der Waals surface area contributed by atoms with Gasteiger partial charge in [0.15, 0.2) is 0 Å². The number of fused-ring (bicyclic) bond motifs is 2. The molecule has 6 atom stereocenters. The zero-order chi connectivity index (χ0) is 31.3. The first-order chi connectivity index (χ1) is 21.1. The van der Waals surface area contributed by atoms with E-state index >= 15 is 0 Å². The van der Waals surface area contributed by atoms with Crippen LogP contribution in [0, 0.1) is 24.7 Å². The number of aliphatic hydroxyl groups is 1. The molecule has 10 heteroatoms. The summed E-state index contributed by atoms with van der Waals surface area (Å²) in [7, 11) is 0. The Kier molecular flexibility index (Phi) is 8.32. The molecule has 4 heterocycles. The van der Waals surface area contributed by atoms with E-state index in [4.69, 9.17) is 16.3 Å². The average molecular weight is 636 g/mol. The van der Waals surface area contributed by atoms with Crippen molar-refractivity contribution in [3.05, 3.63) is 77.4 Å². The lowest BCUT2D eigenvalue weighted by atomic mass is 9.78. The maximum Gasteiger partial charge on any atom is 0.251 e. The molecule has 4 aliphatic heterocycles. The van der Waals surface area contributed by atoms with Gasteiger partial charge in [0.2, 0.25) is 11.8 Å². The van der Waals surface area contributed by atoms with E-state index in [0.29, 0.717) is 23.9 Å². The fraction of sp³-hybridized carbons (Fsp3) is 0.441. The normalized spacial score (nSPS) is 28.6. The Morgan fingerprint density at radius 1 is 1.02 bits per heavy atom. The van der Waals surface area contributed by atoms with E-state index in [-0.39, 0.29) is 42.0 Å². The average Bonchev–Trinajstić information content (AvgIpc) is 3.30. The maximum atomic E-state index is 14.8. The molecule has 1 spiro atoms. The van der Waals surface area contributed by atoms with Crippen LogP contribution in [0.3, 0.4) is 0 Å². The van der Waals surface area contributed by atoms with Crippen LogP contribution < -0.4 is 14.5 Å². The van der Waals surface area contributed by atoms with Gasteiger partial charge in [-0.15, -0.1) is 11.8 Å². The first-order valence-corrected chi connectivity index (χ1v) is 16.5. The quantitative estimate of drug-likeness (QED) is 0.437. The number of thioether (sulfide) groups is 1. The van der Waals surface area contributed by atoms with E-state index in [0.717, 1.165) is 17.0 Å². The van der Waals surface area contributed by atoms with E-state index in [2.05, 4.69) is 0 Å². The SMILES string of the molecule is CCOc1ccc(N2CC=C[C@H]3S[C@]45C=CCN(c6c(C)cccc6Cl)C(=O)C4N([C@@H](CO)C(C)C)C(=O)[C@@H]5[C@H]3C2=O)cc1. The molecule has 0 aliphatic carbocycles. The minimum atomic E-state index is -1.00. The van der Waals surface area contributed by atoms with E-state index in [1.807, 2.05) is 88.4 Å². The van der Waals surface area contributed by atoms with Gasteiger partial charge in [-0.25, -0.2) is 0 Å². The second-order valence-corrected chi connectivity index (χ2v) is 14.0. The summed E-state index contributed by atoms with van der Waals surface area (Å²) in [4.78, 5) is 49.0. The smallest absolute Gasteiger partial charge is 0.251 e. The zero-order valence-corrected chi connectivity index (χ0v) is 26.9. The number of rotatable bonds is 7. The minimum Gasteiger partial charge on any atom is -0.494 e. The molecule has 232 valence electrons. The number of carbonyl (C=O) groups excluding carboxylic acids is 3. The summed E-state index contributed by atoms with van der Waals surface area (Å²) in [6, 6.07) is 11.4. The minimum absolute atomic E-state index is 0.124. The number of aryl methyl sites for hydroxylation is 1. The summed E-state index contributed by atoms with van der Waals surface area (Å²) in [5.41, 5.74) is 2.17. The Labute approximate surface area is 267 Å². The highest BCUT2D eigenvalue weighted by Crippen LogP contribution is 2.62. The molecule has 0 saturated carbocycles. The van der Waals surface area contributed by atoms with Crippen molar-refractivity contribution in [3.63, 3.8) is 0 Å². The van der Waals surface area contributed by atoms with Gasteiger partial charge >= 0.3 is 0 Å². The van der Waals surface area contributed by atoms with Crippen LogP contribution in [-0.4, -0.2) is 76.1 Å². The number of carbonyl (C=O) groups is 3. The fourth-order valence-corrected chi connectivity index (χ4v) is 9.66. The topological polar surface area (TPSA) is 90.4 Å². The third-order valence-corrected chi connectivity index (χ3v) is 11.4. The van der Waals surface area contributed by atoms with E-state index in [9.17, 15) is 19.5 Å². The number of para-hydroxylation sites is 1. The fourth-order valence-electron chi connectivity index (χ4n) is 7.34. The predicted molar refractivity (Wildman–Crippen MR) is 174 cm³/mol. The second-order valence-electron chi connectivity index (χ2n) is 12.1. The van der Waals surface area contributed by atoms with Gasteiger partial charge in [-0.3, -0.25) is 14.4 Å².